The summed E-state index contributed by atoms with van der Waals surface area (Å²) in [6.45, 7) is 3.08. The first-order valence-electron chi connectivity index (χ1n) is 10.9. The van der Waals surface area contributed by atoms with Gasteiger partial charge in [-0.25, -0.2) is 9.67 Å². The molecule has 6 heteroatoms. The highest BCUT2D eigenvalue weighted by molar-refractivity contribution is 6.05. The number of carbonyl (C=O) groups is 1. The van der Waals surface area contributed by atoms with E-state index in [9.17, 15) is 4.79 Å². The maximum atomic E-state index is 12.9. The Kier molecular flexibility index (Phi) is 5.95. The van der Waals surface area contributed by atoms with E-state index in [-0.39, 0.29) is 5.78 Å². The Balaban J connectivity index is 1.50. The SMILES string of the molecule is CN(CC1CCCCC1)c1ccc2c(C(=O)CC3CCNCC3)nn(C)c2n1. The molecule has 0 amide bonds. The molecule has 0 atom stereocenters. The Morgan fingerprint density at radius 2 is 1.89 bits per heavy atom. The number of anilines is 1. The minimum absolute atomic E-state index is 0.155. The average molecular weight is 384 g/mol. The maximum absolute atomic E-state index is 12.9. The molecule has 0 aromatic carbocycles. The van der Waals surface area contributed by atoms with E-state index in [1.54, 1.807) is 4.68 Å². The van der Waals surface area contributed by atoms with Crippen molar-refractivity contribution >= 4 is 22.6 Å². The molecular weight excluding hydrogens is 350 g/mol. The number of aromatic nitrogens is 3. The molecule has 28 heavy (non-hydrogen) atoms. The van der Waals surface area contributed by atoms with Gasteiger partial charge in [-0.2, -0.15) is 5.10 Å². The van der Waals surface area contributed by atoms with E-state index < -0.39 is 0 Å². The molecule has 0 radical (unpaired) electrons. The molecule has 152 valence electrons. The van der Waals surface area contributed by atoms with Gasteiger partial charge in [0.25, 0.3) is 0 Å². The number of carbonyl (C=O) groups excluding carboxylic acids is 1. The van der Waals surface area contributed by atoms with Crippen LogP contribution < -0.4 is 10.2 Å². The average Bonchev–Trinajstić information content (AvgIpc) is 3.06. The van der Waals surface area contributed by atoms with Crippen LogP contribution in [-0.4, -0.2) is 47.2 Å². The topological polar surface area (TPSA) is 63.1 Å². The van der Waals surface area contributed by atoms with Crippen LogP contribution in [-0.2, 0) is 7.05 Å². The Labute approximate surface area is 167 Å². The summed E-state index contributed by atoms with van der Waals surface area (Å²) in [5, 5.41) is 8.79. The van der Waals surface area contributed by atoms with E-state index in [0.29, 0.717) is 18.0 Å². The Morgan fingerprint density at radius 1 is 1.14 bits per heavy atom. The second-order valence-corrected chi connectivity index (χ2v) is 8.72. The summed E-state index contributed by atoms with van der Waals surface area (Å²) < 4.78 is 1.77. The molecule has 1 aliphatic carbocycles. The van der Waals surface area contributed by atoms with Crippen molar-refractivity contribution in [2.75, 3.05) is 31.6 Å². The van der Waals surface area contributed by atoms with Crippen LogP contribution in [0.2, 0.25) is 0 Å². The van der Waals surface area contributed by atoms with E-state index in [2.05, 4.69) is 22.4 Å². The Morgan fingerprint density at radius 3 is 2.64 bits per heavy atom. The second kappa shape index (κ2) is 8.60. The molecule has 2 aromatic rings. The van der Waals surface area contributed by atoms with Crippen LogP contribution in [0.1, 0.15) is 61.9 Å². The number of hydrogen-bond donors (Lipinski definition) is 1. The highest BCUT2D eigenvalue weighted by Gasteiger charge is 2.23. The zero-order chi connectivity index (χ0) is 19.5. The van der Waals surface area contributed by atoms with Gasteiger partial charge in [0, 0.05) is 27.1 Å². The van der Waals surface area contributed by atoms with Crippen LogP contribution >= 0.6 is 0 Å². The molecule has 6 nitrogen and oxygen atoms in total. The lowest BCUT2D eigenvalue weighted by molar-refractivity contribution is 0.0948. The van der Waals surface area contributed by atoms with Gasteiger partial charge in [-0.05, 0) is 62.7 Å². The lowest BCUT2D eigenvalue weighted by Crippen LogP contribution is -2.29. The van der Waals surface area contributed by atoms with Crippen molar-refractivity contribution in [3.8, 4) is 0 Å². The number of hydrogen-bond acceptors (Lipinski definition) is 5. The molecule has 1 N–H and O–H groups in total. The van der Waals surface area contributed by atoms with Crippen LogP contribution in [0.3, 0.4) is 0 Å². The number of aryl methyl sites for hydroxylation is 1. The molecule has 0 unspecified atom stereocenters. The molecule has 2 aromatic heterocycles. The predicted molar refractivity (Wildman–Crippen MR) is 113 cm³/mol. The fourth-order valence-electron chi connectivity index (χ4n) is 4.83. The highest BCUT2D eigenvalue weighted by atomic mass is 16.1. The molecular formula is C22H33N5O. The van der Waals surface area contributed by atoms with Gasteiger partial charge in [-0.15, -0.1) is 0 Å². The molecule has 0 spiro atoms. The number of Topliss-reactive ketones (excluding diaryl/α,β-unsaturated/α-hetero) is 1. The van der Waals surface area contributed by atoms with E-state index in [4.69, 9.17) is 4.98 Å². The molecule has 2 aliphatic rings. The third kappa shape index (κ3) is 4.22. The second-order valence-electron chi connectivity index (χ2n) is 8.72. The first kappa shape index (κ1) is 19.4. The first-order valence-corrected chi connectivity index (χ1v) is 10.9. The fraction of sp³-hybridized carbons (Fsp3) is 0.682. The zero-order valence-corrected chi connectivity index (χ0v) is 17.3. The van der Waals surface area contributed by atoms with Crippen molar-refractivity contribution < 1.29 is 4.79 Å². The van der Waals surface area contributed by atoms with Gasteiger partial charge in [-0.1, -0.05) is 19.3 Å². The highest BCUT2D eigenvalue weighted by Crippen LogP contribution is 2.27. The first-order chi connectivity index (χ1) is 13.6. The standard InChI is InChI=1S/C22H33N5O/c1-26(15-17-6-4-3-5-7-17)20-9-8-18-21(25-27(2)22(18)24-20)19(28)14-16-10-12-23-13-11-16/h8-9,16-17,23H,3-7,10-15H2,1-2H3. The van der Waals surface area contributed by atoms with Crippen molar-refractivity contribution in [1.29, 1.82) is 0 Å². The van der Waals surface area contributed by atoms with Gasteiger partial charge in [0.15, 0.2) is 11.4 Å². The summed E-state index contributed by atoms with van der Waals surface area (Å²) in [7, 11) is 4.02. The lowest BCUT2D eigenvalue weighted by atomic mass is 9.89. The fourth-order valence-corrected chi connectivity index (χ4v) is 4.83. The van der Waals surface area contributed by atoms with Gasteiger partial charge < -0.3 is 10.2 Å². The van der Waals surface area contributed by atoms with Crippen molar-refractivity contribution in [2.45, 2.75) is 51.4 Å². The van der Waals surface area contributed by atoms with Gasteiger partial charge >= 0.3 is 0 Å². The van der Waals surface area contributed by atoms with E-state index in [1.165, 1.54) is 32.1 Å². The number of pyridine rings is 1. The van der Waals surface area contributed by atoms with Crippen molar-refractivity contribution in [1.82, 2.24) is 20.1 Å². The van der Waals surface area contributed by atoms with Gasteiger partial charge in [0.2, 0.25) is 0 Å². The molecule has 1 aliphatic heterocycles. The van der Waals surface area contributed by atoms with Gasteiger partial charge in [0.1, 0.15) is 11.5 Å². The minimum atomic E-state index is 0.155. The third-order valence-electron chi connectivity index (χ3n) is 6.52. The zero-order valence-electron chi connectivity index (χ0n) is 17.3. The summed E-state index contributed by atoms with van der Waals surface area (Å²) >= 11 is 0. The van der Waals surface area contributed by atoms with Crippen LogP contribution in [0.25, 0.3) is 11.0 Å². The number of ketones is 1. The molecule has 4 rings (SSSR count). The summed E-state index contributed by atoms with van der Waals surface area (Å²) in [4.78, 5) is 20.0. The molecule has 1 saturated heterocycles. The number of nitrogens with one attached hydrogen (secondary N) is 1. The Hall–Kier alpha value is -1.95. The van der Waals surface area contributed by atoms with E-state index >= 15 is 0 Å². The van der Waals surface area contributed by atoms with Crippen LogP contribution in [0, 0.1) is 11.8 Å². The van der Waals surface area contributed by atoms with E-state index in [0.717, 1.165) is 55.2 Å². The number of nitrogens with zero attached hydrogens (tertiary/aromatic N) is 4. The van der Waals surface area contributed by atoms with Gasteiger partial charge in [0.05, 0.1) is 5.39 Å². The predicted octanol–water partition coefficient (Wildman–Crippen LogP) is 3.56. The third-order valence-corrected chi connectivity index (χ3v) is 6.52. The number of piperidine rings is 1. The number of rotatable bonds is 6. The molecule has 2 fully saturated rings. The largest absolute Gasteiger partial charge is 0.359 e. The molecule has 3 heterocycles. The summed E-state index contributed by atoms with van der Waals surface area (Å²) in [5.74, 6) is 2.37. The monoisotopic (exact) mass is 383 g/mol. The normalized spacial score (nSPS) is 19.2. The maximum Gasteiger partial charge on any atom is 0.184 e. The van der Waals surface area contributed by atoms with Crippen molar-refractivity contribution in [3.05, 3.63) is 17.8 Å². The smallest absolute Gasteiger partial charge is 0.184 e. The van der Waals surface area contributed by atoms with Gasteiger partial charge in [-0.3, -0.25) is 4.79 Å². The van der Waals surface area contributed by atoms with Crippen molar-refractivity contribution in [3.63, 3.8) is 0 Å². The summed E-state index contributed by atoms with van der Waals surface area (Å²) in [6.07, 6.45) is 9.49. The molecule has 1 saturated carbocycles. The van der Waals surface area contributed by atoms with Crippen molar-refractivity contribution in [2.24, 2.45) is 18.9 Å². The number of fused-ring (bicyclic) bond motifs is 1. The van der Waals surface area contributed by atoms with E-state index in [1.807, 2.05) is 19.2 Å². The van der Waals surface area contributed by atoms with Crippen LogP contribution in [0.4, 0.5) is 5.82 Å². The lowest BCUT2D eigenvalue weighted by Gasteiger charge is -2.27. The summed E-state index contributed by atoms with van der Waals surface area (Å²) in [6, 6.07) is 4.09. The van der Waals surface area contributed by atoms with Crippen LogP contribution in [0.5, 0.6) is 0 Å². The Bertz CT molecular complexity index is 818. The quantitative estimate of drug-likeness (QED) is 0.773. The van der Waals surface area contributed by atoms with Crippen LogP contribution in [0.15, 0.2) is 12.1 Å². The minimum Gasteiger partial charge on any atom is -0.359 e. The summed E-state index contributed by atoms with van der Waals surface area (Å²) in [5.41, 5.74) is 1.40. The molecule has 0 bridgehead atoms.